The summed E-state index contributed by atoms with van der Waals surface area (Å²) in [6, 6.07) is 9.25. The van der Waals surface area contributed by atoms with E-state index in [1.54, 1.807) is 0 Å². The van der Waals surface area contributed by atoms with Crippen molar-refractivity contribution in [1.82, 2.24) is 10.6 Å². The molecular formula is C30H42Br4N2O4. The van der Waals surface area contributed by atoms with Gasteiger partial charge in [0.15, 0.2) is 0 Å². The number of aliphatic hydroxyl groups excluding tert-OH is 2. The third-order valence-electron chi connectivity index (χ3n) is 7.17. The first-order valence-corrected chi connectivity index (χ1v) is 17.2. The topological polar surface area (TPSA) is 83.0 Å². The summed E-state index contributed by atoms with van der Waals surface area (Å²) < 4.78 is 15.5. The van der Waals surface area contributed by atoms with Gasteiger partial charge in [0.1, 0.15) is 36.9 Å². The molecule has 1 aliphatic carbocycles. The quantitative estimate of drug-likeness (QED) is 0.159. The molecule has 0 saturated heterocycles. The van der Waals surface area contributed by atoms with Crippen molar-refractivity contribution in [3.05, 3.63) is 53.3 Å². The van der Waals surface area contributed by atoms with Gasteiger partial charge in [-0.05, 0) is 112 Å². The molecule has 0 amide bonds. The monoisotopic (exact) mass is 810 g/mol. The van der Waals surface area contributed by atoms with Crippen molar-refractivity contribution < 1.29 is 19.7 Å². The molecule has 1 fully saturated rings. The molecule has 0 bridgehead atoms. The molecule has 1 aliphatic rings. The molecule has 2 atom stereocenters. The predicted molar refractivity (Wildman–Crippen MR) is 177 cm³/mol. The van der Waals surface area contributed by atoms with E-state index in [4.69, 9.17) is 9.47 Å². The van der Waals surface area contributed by atoms with Crippen LogP contribution in [0.4, 0.5) is 0 Å². The largest absolute Gasteiger partial charge is 0.488 e. The second-order valence-electron chi connectivity index (χ2n) is 11.2. The van der Waals surface area contributed by atoms with Crippen molar-refractivity contribution >= 4 is 63.7 Å². The van der Waals surface area contributed by atoms with Gasteiger partial charge in [-0.1, -0.05) is 47.0 Å². The van der Waals surface area contributed by atoms with Crippen LogP contribution in [-0.2, 0) is 5.41 Å². The molecule has 2 unspecified atom stereocenters. The first-order valence-electron chi connectivity index (χ1n) is 14.0. The highest BCUT2D eigenvalue weighted by Gasteiger charge is 2.37. The minimum atomic E-state index is -0.603. The molecule has 1 saturated carbocycles. The molecule has 224 valence electrons. The highest BCUT2D eigenvalue weighted by atomic mass is 79.9. The molecule has 10 heteroatoms. The van der Waals surface area contributed by atoms with E-state index in [-0.39, 0.29) is 18.6 Å². The summed E-state index contributed by atoms with van der Waals surface area (Å²) in [5, 5.41) is 27.1. The minimum Gasteiger partial charge on any atom is -0.488 e. The standard InChI is InChI=1S/C30H42Br4N2O4/c1-18(2)35-14-22(37)16-39-28-24(31)10-20(11-25(28)32)30(8-6-5-7-9-30)21-12-26(33)29(27(34)13-21)40-17-23(38)15-36-19(3)4/h10-13,18-19,22-23,35-38H,5-9,14-17H2,1-4H3. The van der Waals surface area contributed by atoms with Crippen molar-refractivity contribution in [2.45, 2.75) is 89.5 Å². The average Bonchev–Trinajstić information content (AvgIpc) is 2.89. The van der Waals surface area contributed by atoms with Gasteiger partial charge in [0.05, 0.1) is 17.9 Å². The maximum Gasteiger partial charge on any atom is 0.147 e. The van der Waals surface area contributed by atoms with Crippen LogP contribution in [0.3, 0.4) is 0 Å². The summed E-state index contributed by atoms with van der Waals surface area (Å²) >= 11 is 15.0. The molecule has 0 aliphatic heterocycles. The Bertz CT molecular complexity index is 984. The van der Waals surface area contributed by atoms with Gasteiger partial charge in [-0.15, -0.1) is 0 Å². The van der Waals surface area contributed by atoms with Gasteiger partial charge < -0.3 is 30.3 Å². The lowest BCUT2D eigenvalue weighted by atomic mass is 9.65. The Morgan fingerprint density at radius 1 is 0.675 bits per heavy atom. The first-order chi connectivity index (χ1) is 18.9. The van der Waals surface area contributed by atoms with E-state index in [2.05, 4.69) is 126 Å². The normalized spacial score (nSPS) is 16.8. The molecule has 0 aromatic heterocycles. The van der Waals surface area contributed by atoms with Crippen LogP contribution < -0.4 is 20.1 Å². The average molecular weight is 814 g/mol. The molecule has 0 spiro atoms. The van der Waals surface area contributed by atoms with Gasteiger partial charge in [0.2, 0.25) is 0 Å². The predicted octanol–water partition coefficient (Wildman–Crippen LogP) is 7.46. The maximum atomic E-state index is 10.3. The molecule has 0 radical (unpaired) electrons. The number of rotatable bonds is 14. The van der Waals surface area contributed by atoms with Crippen LogP contribution in [0, 0.1) is 0 Å². The van der Waals surface area contributed by atoms with E-state index >= 15 is 0 Å². The number of nitrogens with one attached hydrogen (secondary N) is 2. The van der Waals surface area contributed by atoms with Crippen molar-refractivity contribution in [3.63, 3.8) is 0 Å². The molecule has 6 nitrogen and oxygen atoms in total. The zero-order chi connectivity index (χ0) is 29.4. The summed E-state index contributed by atoms with van der Waals surface area (Å²) in [5.74, 6) is 1.38. The lowest BCUT2D eigenvalue weighted by Crippen LogP contribution is -2.35. The molecular weight excluding hydrogens is 772 g/mol. The smallest absolute Gasteiger partial charge is 0.147 e. The van der Waals surface area contributed by atoms with Crippen molar-refractivity contribution in [1.29, 1.82) is 0 Å². The fraction of sp³-hybridized carbons (Fsp3) is 0.600. The number of aliphatic hydroxyl groups is 2. The summed E-state index contributed by atoms with van der Waals surface area (Å²) in [4.78, 5) is 0. The Hall–Kier alpha value is -0.200. The van der Waals surface area contributed by atoms with Gasteiger partial charge in [-0.2, -0.15) is 0 Å². The number of halogens is 4. The van der Waals surface area contributed by atoms with Crippen LogP contribution in [0.5, 0.6) is 11.5 Å². The lowest BCUT2D eigenvalue weighted by molar-refractivity contribution is 0.104. The van der Waals surface area contributed by atoms with Gasteiger partial charge >= 0.3 is 0 Å². The van der Waals surface area contributed by atoms with Crippen molar-refractivity contribution in [2.24, 2.45) is 0 Å². The number of ether oxygens (including phenoxy) is 2. The Balaban J connectivity index is 1.85. The van der Waals surface area contributed by atoms with E-state index in [0.29, 0.717) is 36.7 Å². The van der Waals surface area contributed by atoms with Crippen LogP contribution >= 0.6 is 63.7 Å². The van der Waals surface area contributed by atoms with Gasteiger partial charge in [0.25, 0.3) is 0 Å². The Labute approximate surface area is 272 Å². The SMILES string of the molecule is CC(C)NCC(O)COc1c(Br)cc(C2(c3cc(Br)c(OCC(O)CNC(C)C)c(Br)c3)CCCCC2)cc1Br. The summed E-state index contributed by atoms with van der Waals surface area (Å²) in [6.45, 7) is 9.56. The van der Waals surface area contributed by atoms with Gasteiger partial charge in [-0.3, -0.25) is 0 Å². The van der Waals surface area contributed by atoms with E-state index in [1.165, 1.54) is 17.5 Å². The highest BCUT2D eigenvalue weighted by Crippen LogP contribution is 2.50. The first kappa shape index (κ1) is 34.3. The molecule has 2 aromatic carbocycles. The molecule has 4 N–H and O–H groups in total. The zero-order valence-electron chi connectivity index (χ0n) is 23.7. The second kappa shape index (κ2) is 16.0. The van der Waals surface area contributed by atoms with Crippen molar-refractivity contribution in [2.75, 3.05) is 26.3 Å². The van der Waals surface area contributed by atoms with Crippen LogP contribution in [0.15, 0.2) is 42.2 Å². The van der Waals surface area contributed by atoms with Crippen LogP contribution in [0.25, 0.3) is 0 Å². The third kappa shape index (κ3) is 9.40. The fourth-order valence-electron chi connectivity index (χ4n) is 5.07. The van der Waals surface area contributed by atoms with Gasteiger partial charge in [0, 0.05) is 30.6 Å². The second-order valence-corrected chi connectivity index (χ2v) is 14.7. The highest BCUT2D eigenvalue weighted by molar-refractivity contribution is 9.11. The van der Waals surface area contributed by atoms with Gasteiger partial charge in [-0.25, -0.2) is 0 Å². The summed E-state index contributed by atoms with van der Waals surface area (Å²) in [5.41, 5.74) is 2.25. The Kier molecular flexibility index (Phi) is 13.7. The summed E-state index contributed by atoms with van der Waals surface area (Å²) in [6.07, 6.45) is 4.37. The van der Waals surface area contributed by atoms with Crippen molar-refractivity contribution in [3.8, 4) is 11.5 Å². The van der Waals surface area contributed by atoms with Crippen LogP contribution in [0.2, 0.25) is 0 Å². The van der Waals surface area contributed by atoms with E-state index in [0.717, 1.165) is 43.6 Å². The zero-order valence-corrected chi connectivity index (χ0v) is 30.0. The molecule has 3 rings (SSSR count). The summed E-state index contributed by atoms with van der Waals surface area (Å²) in [7, 11) is 0. The number of benzene rings is 2. The molecule has 0 heterocycles. The molecule has 2 aromatic rings. The van der Waals surface area contributed by atoms with E-state index < -0.39 is 12.2 Å². The Morgan fingerprint density at radius 2 is 1.02 bits per heavy atom. The number of hydrogen-bond acceptors (Lipinski definition) is 6. The number of hydrogen-bond donors (Lipinski definition) is 4. The van der Waals surface area contributed by atoms with Crippen LogP contribution in [0.1, 0.15) is 70.9 Å². The third-order valence-corrected chi connectivity index (χ3v) is 9.53. The van der Waals surface area contributed by atoms with E-state index in [1.807, 2.05) is 0 Å². The minimum absolute atomic E-state index is 0.174. The lowest BCUT2D eigenvalue weighted by Gasteiger charge is -2.39. The van der Waals surface area contributed by atoms with E-state index in [9.17, 15) is 10.2 Å². The molecule has 40 heavy (non-hydrogen) atoms. The fourth-order valence-corrected chi connectivity index (χ4v) is 7.90. The maximum absolute atomic E-state index is 10.3. The Morgan fingerprint density at radius 3 is 1.35 bits per heavy atom. The van der Waals surface area contributed by atoms with Crippen LogP contribution in [-0.4, -0.2) is 60.8 Å².